The van der Waals surface area contributed by atoms with Crippen LogP contribution in [-0.2, 0) is 21.1 Å². The molecule has 0 N–H and O–H groups in total. The van der Waals surface area contributed by atoms with Gasteiger partial charge >= 0.3 is 0 Å². The molecule has 42 heavy (non-hydrogen) atoms. The van der Waals surface area contributed by atoms with Crippen molar-refractivity contribution in [1.82, 2.24) is 14.7 Å². The number of piperidine rings is 1. The molecular formula is C37H73N4W-. The number of benzene rings is 1. The van der Waals surface area contributed by atoms with Gasteiger partial charge in [0.25, 0.3) is 0 Å². The Bertz CT molecular complexity index is 719. The van der Waals surface area contributed by atoms with Crippen LogP contribution in [0, 0.1) is 17.8 Å². The van der Waals surface area contributed by atoms with E-state index in [0.29, 0.717) is 5.92 Å². The zero-order valence-electron chi connectivity index (χ0n) is 29.3. The Kier molecular flexibility index (Phi) is 30.6. The van der Waals surface area contributed by atoms with Crippen LogP contribution >= 0.6 is 0 Å². The number of piperazine rings is 1. The Morgan fingerprint density at radius 3 is 1.57 bits per heavy atom. The van der Waals surface area contributed by atoms with E-state index in [4.69, 9.17) is 0 Å². The number of nitrogens with zero attached hydrogens (tertiary/aromatic N) is 4. The molecule has 0 spiro atoms. The standard InChI is InChI=1S/C9H17N.C9H12.C8H18N2.C8H16N.C2H6.CH4.W/c1-8(2)9-4-6-10(3)7-5-9;1-8(2)9-6-4-3-5-7-9;1-8(2)10-6-4-9(3)5-7-10;1-7(2)8-3-5-9-6-4-8;1-2;;/h4,8H,5-7H2,1-3H3;3-8H,1-2H3;8H,4-7H2,1-3H3;7-8H,3-6H2,1-2H3;1-2H3;1H4;/q;;;-1;;;. The van der Waals surface area contributed by atoms with E-state index in [1.54, 1.807) is 5.57 Å². The molecule has 0 unspecified atom stereocenters. The van der Waals surface area contributed by atoms with Crippen LogP contribution in [0.5, 0.6) is 0 Å². The van der Waals surface area contributed by atoms with Crippen LogP contribution in [0.1, 0.15) is 107 Å². The molecule has 1 aromatic rings. The minimum absolute atomic E-state index is 0. The molecule has 0 saturated carbocycles. The van der Waals surface area contributed by atoms with Gasteiger partial charge in [-0.2, -0.15) is 0 Å². The van der Waals surface area contributed by atoms with Gasteiger partial charge in [-0.05, 0) is 63.6 Å². The Balaban J connectivity index is -0.000000466. The molecule has 0 radical (unpaired) electrons. The van der Waals surface area contributed by atoms with Crippen LogP contribution in [-0.4, -0.2) is 87.2 Å². The number of rotatable bonds is 4. The van der Waals surface area contributed by atoms with E-state index in [0.717, 1.165) is 43.4 Å². The summed E-state index contributed by atoms with van der Waals surface area (Å²) in [7, 11) is 4.37. The van der Waals surface area contributed by atoms with Crippen molar-refractivity contribution >= 4 is 0 Å². The fourth-order valence-electron chi connectivity index (χ4n) is 4.92. The fraction of sp³-hybridized carbons (Fsp3) is 0.784. The van der Waals surface area contributed by atoms with Crippen LogP contribution in [0.25, 0.3) is 5.32 Å². The van der Waals surface area contributed by atoms with Crippen LogP contribution in [0.15, 0.2) is 42.0 Å². The monoisotopic (exact) mass is 758 g/mol. The Morgan fingerprint density at radius 1 is 0.714 bits per heavy atom. The number of hydrogen-bond acceptors (Lipinski definition) is 3. The van der Waals surface area contributed by atoms with E-state index < -0.39 is 0 Å². The molecule has 2 fully saturated rings. The van der Waals surface area contributed by atoms with Gasteiger partial charge in [0.2, 0.25) is 0 Å². The molecule has 0 atom stereocenters. The van der Waals surface area contributed by atoms with Gasteiger partial charge in [0.1, 0.15) is 0 Å². The van der Waals surface area contributed by atoms with Crippen LogP contribution in [0.2, 0.25) is 0 Å². The van der Waals surface area contributed by atoms with Crippen molar-refractivity contribution in [1.29, 1.82) is 0 Å². The summed E-state index contributed by atoms with van der Waals surface area (Å²) in [6.07, 6.45) is 6.30. The predicted octanol–water partition coefficient (Wildman–Crippen LogP) is 9.44. The third kappa shape index (κ3) is 22.1. The Labute approximate surface area is 279 Å². The molecule has 0 bridgehead atoms. The second-order valence-corrected chi connectivity index (χ2v) is 12.7. The normalized spacial score (nSPS) is 18.0. The summed E-state index contributed by atoms with van der Waals surface area (Å²) in [5.74, 6) is 3.25. The van der Waals surface area contributed by atoms with Gasteiger partial charge in [-0.3, -0.25) is 4.90 Å². The van der Waals surface area contributed by atoms with E-state index in [-0.39, 0.29) is 28.5 Å². The van der Waals surface area contributed by atoms with Gasteiger partial charge in [0, 0.05) is 66.4 Å². The molecule has 3 aliphatic heterocycles. The van der Waals surface area contributed by atoms with Crippen molar-refractivity contribution in [3.63, 3.8) is 0 Å². The third-order valence-electron chi connectivity index (χ3n) is 8.18. The first kappa shape index (κ1) is 45.9. The molecule has 2 saturated heterocycles. The molecule has 248 valence electrons. The van der Waals surface area contributed by atoms with Gasteiger partial charge in [-0.1, -0.05) is 118 Å². The zero-order valence-corrected chi connectivity index (χ0v) is 32.3. The first-order chi connectivity index (χ1) is 19.0. The van der Waals surface area contributed by atoms with E-state index in [1.807, 2.05) is 19.9 Å². The average molecular weight is 758 g/mol. The predicted molar refractivity (Wildman–Crippen MR) is 189 cm³/mol. The van der Waals surface area contributed by atoms with Crippen molar-refractivity contribution in [2.45, 2.75) is 108 Å². The van der Waals surface area contributed by atoms with Crippen molar-refractivity contribution < 1.29 is 21.1 Å². The molecule has 5 heteroatoms. The molecule has 0 aromatic heterocycles. The summed E-state index contributed by atoms with van der Waals surface area (Å²) in [6.45, 7) is 31.7. The SMILES string of the molecule is C.CC.CC(C)C1=CCN(C)CC1.CC(C)C1CC[N-]CC1.CC(C)N1CCN(C)CC1.CC(C)c1ccccc1.[W]. The molecule has 3 heterocycles. The topological polar surface area (TPSA) is 23.8 Å². The Morgan fingerprint density at radius 2 is 1.24 bits per heavy atom. The van der Waals surface area contributed by atoms with Gasteiger partial charge in [-0.25, -0.2) is 0 Å². The van der Waals surface area contributed by atoms with Crippen molar-refractivity contribution in [3.05, 3.63) is 52.9 Å². The van der Waals surface area contributed by atoms with Crippen molar-refractivity contribution in [2.75, 3.05) is 66.5 Å². The summed E-state index contributed by atoms with van der Waals surface area (Å²) >= 11 is 0. The Hall–Kier alpha value is -0.512. The zero-order chi connectivity index (χ0) is 30.5. The van der Waals surface area contributed by atoms with Crippen molar-refractivity contribution in [2.24, 2.45) is 17.8 Å². The van der Waals surface area contributed by atoms with Gasteiger partial charge in [0.15, 0.2) is 0 Å². The average Bonchev–Trinajstić information content (AvgIpc) is 2.96. The minimum Gasteiger partial charge on any atom is -0.662 e. The maximum atomic E-state index is 4.31. The van der Waals surface area contributed by atoms with Gasteiger partial charge in [0.05, 0.1) is 0 Å². The van der Waals surface area contributed by atoms with Gasteiger partial charge < -0.3 is 15.1 Å². The smallest absolute Gasteiger partial charge is 0.0163 e. The number of hydrogen-bond donors (Lipinski definition) is 0. The molecule has 0 amide bonds. The quantitative estimate of drug-likeness (QED) is 0.286. The first-order valence-corrected chi connectivity index (χ1v) is 16.5. The summed E-state index contributed by atoms with van der Waals surface area (Å²) < 4.78 is 0. The molecule has 1 aromatic carbocycles. The first-order valence-electron chi connectivity index (χ1n) is 16.5. The molecule has 3 aliphatic rings. The summed E-state index contributed by atoms with van der Waals surface area (Å²) in [4.78, 5) is 7.27. The third-order valence-corrected chi connectivity index (χ3v) is 8.18. The van der Waals surface area contributed by atoms with Crippen LogP contribution < -0.4 is 0 Å². The maximum Gasteiger partial charge on any atom is 0.0163 e. The number of likely N-dealkylation sites (N-methyl/N-ethyl adjacent to an activating group) is 2. The molecule has 4 rings (SSSR count). The molecule has 0 aliphatic carbocycles. The minimum atomic E-state index is 0. The molecular weight excluding hydrogens is 684 g/mol. The second kappa shape index (κ2) is 28.0. The van der Waals surface area contributed by atoms with E-state index >= 15 is 0 Å². The van der Waals surface area contributed by atoms with E-state index in [2.05, 4.69) is 120 Å². The largest absolute Gasteiger partial charge is 0.662 e. The maximum absolute atomic E-state index is 4.31. The summed E-state index contributed by atoms with van der Waals surface area (Å²) in [6, 6.07) is 11.2. The van der Waals surface area contributed by atoms with Crippen molar-refractivity contribution in [3.8, 4) is 0 Å². The van der Waals surface area contributed by atoms with Crippen LogP contribution in [0.3, 0.4) is 0 Å². The summed E-state index contributed by atoms with van der Waals surface area (Å²) in [5.41, 5.74) is 3.05. The second-order valence-electron chi connectivity index (χ2n) is 12.7. The van der Waals surface area contributed by atoms with E-state index in [1.165, 1.54) is 57.5 Å². The fourth-order valence-corrected chi connectivity index (χ4v) is 4.92. The molecule has 4 nitrogen and oxygen atoms in total. The van der Waals surface area contributed by atoms with Gasteiger partial charge in [-0.15, -0.1) is 13.1 Å². The van der Waals surface area contributed by atoms with Crippen LogP contribution in [0.4, 0.5) is 0 Å². The summed E-state index contributed by atoms with van der Waals surface area (Å²) in [5, 5.41) is 4.31. The van der Waals surface area contributed by atoms with E-state index in [9.17, 15) is 0 Å².